The van der Waals surface area contributed by atoms with E-state index in [-0.39, 0.29) is 6.61 Å². The Kier molecular flexibility index (Phi) is 4.41. The second-order valence-electron chi connectivity index (χ2n) is 2.19. The van der Waals surface area contributed by atoms with Gasteiger partial charge in [-0.2, -0.15) is 0 Å². The molecule has 6 nitrogen and oxygen atoms in total. The van der Waals surface area contributed by atoms with Crippen molar-refractivity contribution in [2.75, 3.05) is 20.4 Å². The molecule has 0 heterocycles. The van der Waals surface area contributed by atoms with Crippen molar-refractivity contribution in [1.82, 2.24) is 0 Å². The van der Waals surface area contributed by atoms with E-state index >= 15 is 0 Å². The zero-order chi connectivity index (χ0) is 9.78. The van der Waals surface area contributed by atoms with Crippen LogP contribution in [-0.4, -0.2) is 37.5 Å². The summed E-state index contributed by atoms with van der Waals surface area (Å²) in [6.07, 6.45) is 0. The van der Waals surface area contributed by atoms with E-state index in [1.807, 2.05) is 0 Å². The highest BCUT2D eigenvalue weighted by Crippen LogP contribution is 2.42. The Bertz CT molecular complexity index is 206. The van der Waals surface area contributed by atoms with Gasteiger partial charge in [-0.15, -0.1) is 0 Å². The molecule has 2 atom stereocenters. The van der Waals surface area contributed by atoms with Crippen molar-refractivity contribution in [3.63, 3.8) is 0 Å². The van der Waals surface area contributed by atoms with Crippen LogP contribution in [0, 0.1) is 0 Å². The monoisotopic (exact) mass is 197 g/mol. The highest BCUT2D eigenvalue weighted by atomic mass is 31.2. The topological polar surface area (TPSA) is 98.9 Å². The molecule has 0 amide bonds. The Balaban J connectivity index is 3.83. The lowest BCUT2D eigenvalue weighted by Gasteiger charge is -2.12. The fourth-order valence-corrected chi connectivity index (χ4v) is 0.876. The van der Waals surface area contributed by atoms with Gasteiger partial charge in [0.15, 0.2) is 0 Å². The van der Waals surface area contributed by atoms with Gasteiger partial charge in [0, 0.05) is 13.8 Å². The number of carboxylic acids is 1. The van der Waals surface area contributed by atoms with Crippen LogP contribution in [0.5, 0.6) is 0 Å². The second kappa shape index (κ2) is 4.57. The van der Waals surface area contributed by atoms with E-state index < -0.39 is 19.6 Å². The van der Waals surface area contributed by atoms with Crippen LogP contribution in [0.1, 0.15) is 0 Å². The summed E-state index contributed by atoms with van der Waals surface area (Å²) in [5.74, 6) is -1.20. The van der Waals surface area contributed by atoms with Crippen molar-refractivity contribution in [2.24, 2.45) is 5.73 Å². The lowest BCUT2D eigenvalue weighted by molar-refractivity contribution is -0.139. The molecule has 0 aromatic carbocycles. The van der Waals surface area contributed by atoms with Gasteiger partial charge in [-0.25, -0.2) is 0 Å². The first-order valence-electron chi connectivity index (χ1n) is 3.15. The molecule has 0 aliphatic rings. The molecule has 0 saturated carbocycles. The van der Waals surface area contributed by atoms with Gasteiger partial charge in [-0.1, -0.05) is 0 Å². The van der Waals surface area contributed by atoms with Gasteiger partial charge in [0.1, 0.15) is 6.04 Å². The summed E-state index contributed by atoms with van der Waals surface area (Å²) in [6, 6.07) is -1.17. The SMILES string of the molecule is COP(C)(=O)OC[C@@H](N)C(=O)O. The van der Waals surface area contributed by atoms with Crippen molar-refractivity contribution in [3.8, 4) is 0 Å². The van der Waals surface area contributed by atoms with E-state index in [9.17, 15) is 9.36 Å². The minimum Gasteiger partial charge on any atom is -0.480 e. The molecule has 0 radical (unpaired) electrons. The summed E-state index contributed by atoms with van der Waals surface area (Å²) in [5.41, 5.74) is 5.08. The van der Waals surface area contributed by atoms with Gasteiger partial charge in [-0.3, -0.25) is 9.36 Å². The molecular formula is C5H12NO5P. The number of nitrogens with two attached hydrogens (primary N) is 1. The fourth-order valence-electron chi connectivity index (χ4n) is 0.340. The molecule has 0 fully saturated rings. The smallest absolute Gasteiger partial charge is 0.327 e. The Morgan fingerprint density at radius 1 is 1.75 bits per heavy atom. The molecule has 0 bridgehead atoms. The maximum absolute atomic E-state index is 11.0. The molecule has 3 N–H and O–H groups in total. The first-order chi connectivity index (χ1) is 5.39. The van der Waals surface area contributed by atoms with Crippen LogP contribution >= 0.6 is 7.60 Å². The van der Waals surface area contributed by atoms with Crippen molar-refractivity contribution >= 4 is 13.6 Å². The van der Waals surface area contributed by atoms with Crippen LogP contribution < -0.4 is 5.73 Å². The third-order valence-electron chi connectivity index (χ3n) is 1.14. The van der Waals surface area contributed by atoms with Gasteiger partial charge in [0.2, 0.25) is 0 Å². The number of aliphatic carboxylic acids is 1. The third-order valence-corrected chi connectivity index (χ3v) is 2.42. The predicted molar refractivity (Wildman–Crippen MR) is 42.1 cm³/mol. The highest BCUT2D eigenvalue weighted by Gasteiger charge is 2.19. The van der Waals surface area contributed by atoms with Gasteiger partial charge in [-0.05, 0) is 0 Å². The molecule has 12 heavy (non-hydrogen) atoms. The molecule has 0 aliphatic carbocycles. The predicted octanol–water partition coefficient (Wildman–Crippen LogP) is -0.116. The summed E-state index contributed by atoms with van der Waals surface area (Å²) in [4.78, 5) is 10.2. The molecule has 0 spiro atoms. The van der Waals surface area contributed by atoms with Crippen LogP contribution in [0.3, 0.4) is 0 Å². The van der Waals surface area contributed by atoms with E-state index in [1.165, 1.54) is 13.8 Å². The average Bonchev–Trinajstić information content (AvgIpc) is 2.00. The molecule has 0 rings (SSSR count). The van der Waals surface area contributed by atoms with Crippen LogP contribution in [0.15, 0.2) is 0 Å². The summed E-state index contributed by atoms with van der Waals surface area (Å²) in [7, 11) is -1.89. The van der Waals surface area contributed by atoms with Crippen LogP contribution in [-0.2, 0) is 18.4 Å². The summed E-state index contributed by atoms with van der Waals surface area (Å²) >= 11 is 0. The number of carbonyl (C=O) groups is 1. The number of rotatable bonds is 5. The van der Waals surface area contributed by atoms with E-state index in [4.69, 9.17) is 10.8 Å². The summed E-state index contributed by atoms with van der Waals surface area (Å²) in [6.45, 7) is 0.915. The quantitative estimate of drug-likeness (QED) is 0.596. The van der Waals surface area contributed by atoms with Crippen molar-refractivity contribution in [3.05, 3.63) is 0 Å². The number of carboxylic acid groups (broad SMARTS) is 1. The van der Waals surface area contributed by atoms with Crippen LogP contribution in [0.4, 0.5) is 0 Å². The molecule has 0 saturated heterocycles. The van der Waals surface area contributed by atoms with Crippen molar-refractivity contribution < 1.29 is 23.5 Å². The molecular weight excluding hydrogens is 185 g/mol. The first kappa shape index (κ1) is 11.6. The standard InChI is InChI=1S/C5H12NO5P/c1-10-12(2,9)11-3-4(6)5(7)8/h4H,3,6H2,1-2H3,(H,7,8)/t4-,12?/m1/s1. The number of hydrogen-bond acceptors (Lipinski definition) is 5. The lowest BCUT2D eigenvalue weighted by Crippen LogP contribution is -2.34. The number of hydrogen-bond donors (Lipinski definition) is 2. The Hall–Kier alpha value is -0.420. The zero-order valence-electron chi connectivity index (χ0n) is 6.89. The molecule has 0 aromatic rings. The van der Waals surface area contributed by atoms with Crippen LogP contribution in [0.25, 0.3) is 0 Å². The molecule has 7 heteroatoms. The third kappa shape index (κ3) is 4.46. The van der Waals surface area contributed by atoms with E-state index in [2.05, 4.69) is 9.05 Å². The summed E-state index contributed by atoms with van der Waals surface area (Å²) in [5, 5.41) is 8.32. The first-order valence-corrected chi connectivity index (χ1v) is 5.14. The van der Waals surface area contributed by atoms with Crippen molar-refractivity contribution in [1.29, 1.82) is 0 Å². The molecule has 1 unspecified atom stereocenters. The zero-order valence-corrected chi connectivity index (χ0v) is 7.78. The Morgan fingerprint density at radius 2 is 2.25 bits per heavy atom. The minimum absolute atomic E-state index is 0.322. The van der Waals surface area contributed by atoms with E-state index in [0.29, 0.717) is 0 Å². The molecule has 0 aliphatic heterocycles. The maximum Gasteiger partial charge on any atom is 0.327 e. The van der Waals surface area contributed by atoms with Gasteiger partial charge < -0.3 is 19.9 Å². The van der Waals surface area contributed by atoms with E-state index in [0.717, 1.165) is 0 Å². The van der Waals surface area contributed by atoms with Crippen LogP contribution in [0.2, 0.25) is 0 Å². The van der Waals surface area contributed by atoms with Gasteiger partial charge >= 0.3 is 13.6 Å². The fraction of sp³-hybridized carbons (Fsp3) is 0.800. The summed E-state index contributed by atoms with van der Waals surface area (Å²) < 4.78 is 20.1. The Labute approximate surface area is 70.2 Å². The highest BCUT2D eigenvalue weighted by molar-refractivity contribution is 7.52. The molecule has 72 valence electrons. The lowest BCUT2D eigenvalue weighted by atomic mass is 10.3. The van der Waals surface area contributed by atoms with Crippen molar-refractivity contribution in [2.45, 2.75) is 6.04 Å². The van der Waals surface area contributed by atoms with E-state index in [1.54, 1.807) is 0 Å². The van der Waals surface area contributed by atoms with Gasteiger partial charge in [0.25, 0.3) is 0 Å². The minimum atomic E-state index is -3.11. The second-order valence-corrected chi connectivity index (χ2v) is 4.36. The Morgan fingerprint density at radius 3 is 2.58 bits per heavy atom. The normalized spacial score (nSPS) is 18.2. The largest absolute Gasteiger partial charge is 0.480 e. The maximum atomic E-state index is 11.0. The van der Waals surface area contributed by atoms with Gasteiger partial charge in [0.05, 0.1) is 6.61 Å². The average molecular weight is 197 g/mol. The molecule has 0 aromatic heterocycles.